The van der Waals surface area contributed by atoms with Crippen molar-refractivity contribution in [3.8, 4) is 17.0 Å². The van der Waals surface area contributed by atoms with E-state index in [4.69, 9.17) is 4.74 Å². The Kier molecular flexibility index (Phi) is 2.95. The molecule has 3 heteroatoms. The summed E-state index contributed by atoms with van der Waals surface area (Å²) >= 11 is 0. The molecule has 1 aromatic carbocycles. The van der Waals surface area contributed by atoms with E-state index in [9.17, 15) is 0 Å². The number of hydrogen-bond donors (Lipinski definition) is 0. The highest BCUT2D eigenvalue weighted by atomic mass is 16.5. The standard InChI is InChI=1S/C13H16N2O/c1-10(2)16-12-6-4-5-11(9-12)13-7-8-14-15(13)3/h4-10H,1-3H3. The molecule has 3 nitrogen and oxygen atoms in total. The molecule has 0 atom stereocenters. The predicted molar refractivity (Wildman–Crippen MR) is 64.4 cm³/mol. The highest BCUT2D eigenvalue weighted by molar-refractivity contribution is 5.61. The van der Waals surface area contributed by atoms with Gasteiger partial charge < -0.3 is 4.74 Å². The molecule has 84 valence electrons. The van der Waals surface area contributed by atoms with E-state index in [0.29, 0.717) is 0 Å². The normalized spacial score (nSPS) is 10.8. The third kappa shape index (κ3) is 2.24. The van der Waals surface area contributed by atoms with Crippen molar-refractivity contribution in [1.82, 2.24) is 9.78 Å². The maximum atomic E-state index is 5.66. The molecular weight excluding hydrogens is 200 g/mol. The van der Waals surface area contributed by atoms with Crippen LogP contribution in [0, 0.1) is 0 Å². The molecule has 0 amide bonds. The van der Waals surface area contributed by atoms with Crippen molar-refractivity contribution in [2.45, 2.75) is 20.0 Å². The van der Waals surface area contributed by atoms with Crippen molar-refractivity contribution in [1.29, 1.82) is 0 Å². The highest BCUT2D eigenvalue weighted by Gasteiger charge is 2.04. The molecular formula is C13H16N2O. The van der Waals surface area contributed by atoms with E-state index in [0.717, 1.165) is 17.0 Å². The van der Waals surface area contributed by atoms with Crippen molar-refractivity contribution in [2.75, 3.05) is 0 Å². The van der Waals surface area contributed by atoms with Crippen LogP contribution >= 0.6 is 0 Å². The Morgan fingerprint density at radius 1 is 1.25 bits per heavy atom. The minimum absolute atomic E-state index is 0.196. The fourth-order valence-corrected chi connectivity index (χ4v) is 1.66. The van der Waals surface area contributed by atoms with Gasteiger partial charge in [0.25, 0.3) is 0 Å². The lowest BCUT2D eigenvalue weighted by atomic mass is 10.1. The van der Waals surface area contributed by atoms with Crippen LogP contribution in [0.1, 0.15) is 13.8 Å². The van der Waals surface area contributed by atoms with Gasteiger partial charge in [0.1, 0.15) is 5.75 Å². The lowest BCUT2D eigenvalue weighted by molar-refractivity contribution is 0.242. The molecule has 0 radical (unpaired) electrons. The number of rotatable bonds is 3. The van der Waals surface area contributed by atoms with Gasteiger partial charge in [0, 0.05) is 18.8 Å². The van der Waals surface area contributed by atoms with Crippen molar-refractivity contribution >= 4 is 0 Å². The summed E-state index contributed by atoms with van der Waals surface area (Å²) in [6, 6.07) is 10.1. The van der Waals surface area contributed by atoms with Crippen LogP contribution in [0.5, 0.6) is 5.75 Å². The first-order chi connectivity index (χ1) is 7.66. The fraction of sp³-hybridized carbons (Fsp3) is 0.308. The third-order valence-corrected chi connectivity index (χ3v) is 2.32. The predicted octanol–water partition coefficient (Wildman–Crippen LogP) is 2.87. The smallest absolute Gasteiger partial charge is 0.120 e. The zero-order chi connectivity index (χ0) is 11.5. The summed E-state index contributed by atoms with van der Waals surface area (Å²) in [6.45, 7) is 4.05. The average molecular weight is 216 g/mol. The lowest BCUT2D eigenvalue weighted by Crippen LogP contribution is -2.05. The minimum atomic E-state index is 0.196. The van der Waals surface area contributed by atoms with Crippen LogP contribution in [0.4, 0.5) is 0 Å². The van der Waals surface area contributed by atoms with Gasteiger partial charge in [0.05, 0.1) is 11.8 Å². The first kappa shape index (κ1) is 10.7. The van der Waals surface area contributed by atoms with E-state index in [1.54, 1.807) is 6.20 Å². The van der Waals surface area contributed by atoms with Gasteiger partial charge in [-0.2, -0.15) is 5.10 Å². The Labute approximate surface area is 95.7 Å². The van der Waals surface area contributed by atoms with Gasteiger partial charge in [-0.15, -0.1) is 0 Å². The molecule has 2 rings (SSSR count). The van der Waals surface area contributed by atoms with E-state index in [1.165, 1.54) is 0 Å². The lowest BCUT2D eigenvalue weighted by Gasteiger charge is -2.10. The molecule has 0 unspecified atom stereocenters. The van der Waals surface area contributed by atoms with E-state index >= 15 is 0 Å². The molecule has 0 fully saturated rings. The molecule has 0 aliphatic heterocycles. The second-order valence-corrected chi connectivity index (χ2v) is 4.03. The van der Waals surface area contributed by atoms with Crippen molar-refractivity contribution in [3.63, 3.8) is 0 Å². The van der Waals surface area contributed by atoms with Crippen molar-refractivity contribution in [2.24, 2.45) is 7.05 Å². The summed E-state index contributed by atoms with van der Waals surface area (Å²) in [5.74, 6) is 0.897. The number of benzene rings is 1. The fourth-order valence-electron chi connectivity index (χ4n) is 1.66. The molecule has 1 aromatic heterocycles. The van der Waals surface area contributed by atoms with Crippen LogP contribution in [-0.4, -0.2) is 15.9 Å². The van der Waals surface area contributed by atoms with Gasteiger partial charge in [-0.25, -0.2) is 0 Å². The van der Waals surface area contributed by atoms with Gasteiger partial charge in [-0.1, -0.05) is 12.1 Å². The molecule has 0 N–H and O–H groups in total. The number of nitrogens with zero attached hydrogens (tertiary/aromatic N) is 2. The van der Waals surface area contributed by atoms with Gasteiger partial charge in [-0.3, -0.25) is 4.68 Å². The van der Waals surface area contributed by atoms with Crippen LogP contribution in [0.3, 0.4) is 0 Å². The van der Waals surface area contributed by atoms with E-state index in [2.05, 4.69) is 11.2 Å². The summed E-state index contributed by atoms with van der Waals surface area (Å²) in [6.07, 6.45) is 1.99. The maximum Gasteiger partial charge on any atom is 0.120 e. The second-order valence-electron chi connectivity index (χ2n) is 4.03. The Balaban J connectivity index is 2.33. The minimum Gasteiger partial charge on any atom is -0.491 e. The van der Waals surface area contributed by atoms with Crippen LogP contribution < -0.4 is 4.74 Å². The Hall–Kier alpha value is -1.77. The van der Waals surface area contributed by atoms with Crippen molar-refractivity contribution < 1.29 is 4.74 Å². The van der Waals surface area contributed by atoms with E-state index < -0.39 is 0 Å². The van der Waals surface area contributed by atoms with Gasteiger partial charge in [0.2, 0.25) is 0 Å². The SMILES string of the molecule is CC(C)Oc1cccc(-c2ccnn2C)c1. The van der Waals surface area contributed by atoms with Gasteiger partial charge >= 0.3 is 0 Å². The topological polar surface area (TPSA) is 27.1 Å². The average Bonchev–Trinajstić information content (AvgIpc) is 2.64. The third-order valence-electron chi connectivity index (χ3n) is 2.32. The van der Waals surface area contributed by atoms with Crippen LogP contribution in [0.2, 0.25) is 0 Å². The van der Waals surface area contributed by atoms with Crippen LogP contribution in [0.15, 0.2) is 36.5 Å². The Morgan fingerprint density at radius 3 is 2.69 bits per heavy atom. The number of hydrogen-bond acceptors (Lipinski definition) is 2. The number of aromatic nitrogens is 2. The summed E-state index contributed by atoms with van der Waals surface area (Å²) in [7, 11) is 1.94. The molecule has 0 saturated carbocycles. The first-order valence-corrected chi connectivity index (χ1v) is 5.42. The molecule has 0 bridgehead atoms. The quantitative estimate of drug-likeness (QED) is 0.788. The first-order valence-electron chi connectivity index (χ1n) is 5.42. The Bertz CT molecular complexity index is 474. The number of aryl methyl sites for hydroxylation is 1. The second kappa shape index (κ2) is 4.39. The molecule has 0 saturated heterocycles. The molecule has 0 spiro atoms. The largest absolute Gasteiger partial charge is 0.491 e. The summed E-state index contributed by atoms with van der Waals surface area (Å²) in [4.78, 5) is 0. The van der Waals surface area contributed by atoms with Crippen molar-refractivity contribution in [3.05, 3.63) is 36.5 Å². The molecule has 0 aliphatic carbocycles. The van der Waals surface area contributed by atoms with Gasteiger partial charge in [0.15, 0.2) is 0 Å². The highest BCUT2D eigenvalue weighted by Crippen LogP contribution is 2.23. The summed E-state index contributed by atoms with van der Waals surface area (Å²) < 4.78 is 7.52. The zero-order valence-corrected chi connectivity index (χ0v) is 9.84. The van der Waals surface area contributed by atoms with Crippen LogP contribution in [-0.2, 0) is 7.05 Å². The summed E-state index contributed by atoms with van der Waals surface area (Å²) in [5, 5.41) is 4.16. The van der Waals surface area contributed by atoms with E-state index in [1.807, 2.05) is 49.8 Å². The molecule has 1 heterocycles. The molecule has 0 aliphatic rings. The maximum absolute atomic E-state index is 5.66. The molecule has 16 heavy (non-hydrogen) atoms. The summed E-state index contributed by atoms with van der Waals surface area (Å²) in [5.41, 5.74) is 2.22. The van der Waals surface area contributed by atoms with E-state index in [-0.39, 0.29) is 6.10 Å². The van der Waals surface area contributed by atoms with Crippen LogP contribution in [0.25, 0.3) is 11.3 Å². The monoisotopic (exact) mass is 216 g/mol. The molecule has 2 aromatic rings. The zero-order valence-electron chi connectivity index (χ0n) is 9.84. The Morgan fingerprint density at radius 2 is 2.06 bits per heavy atom. The van der Waals surface area contributed by atoms with Gasteiger partial charge in [-0.05, 0) is 32.0 Å². The number of ether oxygens (including phenoxy) is 1.